The van der Waals surface area contributed by atoms with E-state index in [1.807, 2.05) is 48.5 Å². The second kappa shape index (κ2) is 19.1. The molecule has 0 spiro atoms. The highest BCUT2D eigenvalue weighted by molar-refractivity contribution is 8.00. The van der Waals surface area contributed by atoms with Crippen molar-refractivity contribution in [3.05, 3.63) is 65.7 Å². The molecule has 0 fully saturated rings. The highest BCUT2D eigenvalue weighted by Crippen LogP contribution is 2.57. The van der Waals surface area contributed by atoms with Crippen LogP contribution in [0.1, 0.15) is 45.7 Å². The Bertz CT molecular complexity index is 1950. The monoisotopic (exact) mass is 792 g/mol. The van der Waals surface area contributed by atoms with Gasteiger partial charge in [0.15, 0.2) is 0 Å². The van der Waals surface area contributed by atoms with Crippen LogP contribution in [0, 0.1) is 0 Å². The fraction of sp³-hybridized carbons (Fsp3) is 0.385. The first-order valence-corrected chi connectivity index (χ1v) is 18.4. The van der Waals surface area contributed by atoms with E-state index in [1.54, 1.807) is 26.8 Å². The molecule has 0 radical (unpaired) electrons. The van der Waals surface area contributed by atoms with Gasteiger partial charge in [0.1, 0.15) is 35.4 Å². The van der Waals surface area contributed by atoms with Gasteiger partial charge in [0.2, 0.25) is 23.6 Å². The summed E-state index contributed by atoms with van der Waals surface area (Å²) in [5, 5.41) is 10.1. The van der Waals surface area contributed by atoms with Crippen molar-refractivity contribution >= 4 is 64.5 Å². The molecule has 1 aliphatic rings. The maximum Gasteiger partial charge on any atom is 0.407 e. The summed E-state index contributed by atoms with van der Waals surface area (Å²) >= 11 is 1.29. The molecule has 3 aromatic carbocycles. The summed E-state index contributed by atoms with van der Waals surface area (Å²) in [5.74, 6) is -2.39. The average molecular weight is 793 g/mol. The standard InChI is InChI=1S/C39H48N6O10S/c1-23(43-32(48)20-41-31(47)19-40-24(2)46)37(50)45(22-33(49)54-8)34-30(53-7)17-15-28-36(34)56-35-26(18-42-38(51)55-39(3,4)5)29(52-6)16-14-27(35)44(28)21-25-12-10-9-11-13-25/h9-17,23H,18-22H2,1-8H3,(H,40,46)(H,41,47)(H,42,51)(H,43,48)/t23-/m0/s1. The summed E-state index contributed by atoms with van der Waals surface area (Å²) in [6, 6.07) is 15.8. The van der Waals surface area contributed by atoms with Crippen LogP contribution in [0.4, 0.5) is 21.9 Å². The zero-order chi connectivity index (χ0) is 41.2. The summed E-state index contributed by atoms with van der Waals surface area (Å²) in [6.45, 7) is 7.07. The molecule has 0 bridgehead atoms. The molecule has 300 valence electrons. The van der Waals surface area contributed by atoms with E-state index in [2.05, 4.69) is 26.2 Å². The molecule has 1 aliphatic heterocycles. The molecule has 0 saturated carbocycles. The Kier molecular flexibility index (Phi) is 14.6. The minimum absolute atomic E-state index is 0.0251. The molecular formula is C39H48N6O10S. The van der Waals surface area contributed by atoms with Crippen molar-refractivity contribution in [1.29, 1.82) is 0 Å². The van der Waals surface area contributed by atoms with Gasteiger partial charge in [-0.1, -0.05) is 42.1 Å². The number of alkyl carbamates (subject to hydrolysis) is 1. The van der Waals surface area contributed by atoms with Crippen LogP contribution in [-0.2, 0) is 46.5 Å². The zero-order valence-corrected chi connectivity index (χ0v) is 33.5. The van der Waals surface area contributed by atoms with E-state index >= 15 is 0 Å². The third-order valence-corrected chi connectivity index (χ3v) is 9.50. The van der Waals surface area contributed by atoms with Crippen LogP contribution < -0.4 is 40.5 Å². The van der Waals surface area contributed by atoms with Crippen molar-refractivity contribution < 1.29 is 47.7 Å². The van der Waals surface area contributed by atoms with Crippen molar-refractivity contribution in [1.82, 2.24) is 21.3 Å². The van der Waals surface area contributed by atoms with Gasteiger partial charge in [-0.25, -0.2) is 4.79 Å². The lowest BCUT2D eigenvalue weighted by molar-refractivity contribution is -0.140. The molecule has 17 heteroatoms. The third kappa shape index (κ3) is 11.1. The number of hydrogen-bond donors (Lipinski definition) is 4. The van der Waals surface area contributed by atoms with E-state index in [0.717, 1.165) is 11.3 Å². The van der Waals surface area contributed by atoms with E-state index in [0.29, 0.717) is 33.3 Å². The number of hydrogen-bond acceptors (Lipinski definition) is 12. The number of benzene rings is 3. The van der Waals surface area contributed by atoms with Gasteiger partial charge in [-0.15, -0.1) is 0 Å². The van der Waals surface area contributed by atoms with Crippen molar-refractivity contribution in [2.24, 2.45) is 0 Å². The molecule has 0 saturated heterocycles. The van der Waals surface area contributed by atoms with Gasteiger partial charge < -0.3 is 45.1 Å². The number of methoxy groups -OCH3 is 3. The Balaban J connectivity index is 1.82. The highest BCUT2D eigenvalue weighted by Gasteiger charge is 2.36. The quantitative estimate of drug-likeness (QED) is 0.163. The minimum atomic E-state index is -1.20. The fourth-order valence-corrected chi connectivity index (χ4v) is 7.07. The number of esters is 1. The molecule has 16 nitrogen and oxygen atoms in total. The predicted octanol–water partition coefficient (Wildman–Crippen LogP) is 3.79. The largest absolute Gasteiger partial charge is 0.496 e. The van der Waals surface area contributed by atoms with Gasteiger partial charge in [0, 0.05) is 23.9 Å². The number of nitrogens with one attached hydrogen (secondary N) is 4. The number of nitrogens with zero attached hydrogens (tertiary/aromatic N) is 2. The maximum atomic E-state index is 14.4. The number of fused-ring (bicyclic) bond motifs is 2. The zero-order valence-electron chi connectivity index (χ0n) is 32.7. The molecule has 4 rings (SSSR count). The lowest BCUT2D eigenvalue weighted by Gasteiger charge is -2.37. The molecule has 0 aliphatic carbocycles. The molecule has 0 aromatic heterocycles. The number of anilines is 3. The minimum Gasteiger partial charge on any atom is -0.496 e. The van der Waals surface area contributed by atoms with Gasteiger partial charge in [0.25, 0.3) is 0 Å². The van der Waals surface area contributed by atoms with Crippen LogP contribution in [0.25, 0.3) is 0 Å². The lowest BCUT2D eigenvalue weighted by Crippen LogP contribution is -2.51. The molecule has 1 atom stereocenters. The normalized spacial score (nSPS) is 12.2. The van der Waals surface area contributed by atoms with Crippen LogP contribution >= 0.6 is 11.8 Å². The summed E-state index contributed by atoms with van der Waals surface area (Å²) in [7, 11) is 4.15. The Morgan fingerprint density at radius 2 is 1.43 bits per heavy atom. The first-order valence-electron chi connectivity index (χ1n) is 17.6. The van der Waals surface area contributed by atoms with E-state index < -0.39 is 60.4 Å². The van der Waals surface area contributed by atoms with Crippen molar-refractivity contribution in [2.45, 2.75) is 69.1 Å². The van der Waals surface area contributed by atoms with Crippen molar-refractivity contribution in [3.8, 4) is 11.5 Å². The maximum absolute atomic E-state index is 14.4. The first kappa shape index (κ1) is 42.8. The summed E-state index contributed by atoms with van der Waals surface area (Å²) in [6.07, 6.45) is -0.625. The number of carbonyl (C=O) groups excluding carboxylic acids is 6. The van der Waals surface area contributed by atoms with Crippen LogP contribution in [0.3, 0.4) is 0 Å². The Morgan fingerprint density at radius 3 is 2.04 bits per heavy atom. The Morgan fingerprint density at radius 1 is 0.804 bits per heavy atom. The van der Waals surface area contributed by atoms with Crippen LogP contribution in [0.15, 0.2) is 64.4 Å². The molecule has 3 aromatic rings. The Hall–Kier alpha value is -5.97. The highest BCUT2D eigenvalue weighted by atomic mass is 32.2. The number of rotatable bonds is 15. The van der Waals surface area contributed by atoms with E-state index in [9.17, 15) is 28.8 Å². The molecule has 5 amide bonds. The van der Waals surface area contributed by atoms with Gasteiger partial charge in [-0.2, -0.15) is 0 Å². The number of ether oxygens (including phenoxy) is 4. The van der Waals surface area contributed by atoms with Gasteiger partial charge >= 0.3 is 12.1 Å². The van der Waals surface area contributed by atoms with Gasteiger partial charge in [-0.05, 0) is 57.5 Å². The summed E-state index contributed by atoms with van der Waals surface area (Å²) in [4.78, 5) is 80.8. The molecular weight excluding hydrogens is 745 g/mol. The van der Waals surface area contributed by atoms with E-state index in [4.69, 9.17) is 18.9 Å². The molecule has 56 heavy (non-hydrogen) atoms. The second-order valence-electron chi connectivity index (χ2n) is 13.6. The van der Waals surface area contributed by atoms with Gasteiger partial charge in [-0.3, -0.25) is 28.9 Å². The van der Waals surface area contributed by atoms with Crippen molar-refractivity contribution in [3.63, 3.8) is 0 Å². The molecule has 0 unspecified atom stereocenters. The first-order chi connectivity index (χ1) is 26.6. The number of amides is 5. The SMILES string of the molecule is COC(=O)CN(C(=O)[C@H](C)NC(=O)CNC(=O)CNC(C)=O)c1c(OC)ccc2c1Sc1c(ccc(OC)c1CNC(=O)OC(C)(C)C)N2Cc1ccccc1. The van der Waals surface area contributed by atoms with Crippen LogP contribution in [0.5, 0.6) is 11.5 Å². The summed E-state index contributed by atoms with van der Waals surface area (Å²) in [5.41, 5.74) is 2.57. The van der Waals surface area contributed by atoms with Crippen LogP contribution in [0.2, 0.25) is 0 Å². The average Bonchev–Trinajstić information content (AvgIpc) is 3.16. The van der Waals surface area contributed by atoms with Crippen molar-refractivity contribution in [2.75, 3.05) is 50.8 Å². The third-order valence-electron chi connectivity index (χ3n) is 8.23. The van der Waals surface area contributed by atoms with E-state index in [-0.39, 0.29) is 24.5 Å². The molecule has 4 N–H and O–H groups in total. The van der Waals surface area contributed by atoms with Gasteiger partial charge in [0.05, 0.1) is 57.2 Å². The van der Waals surface area contributed by atoms with Crippen LogP contribution in [-0.4, -0.2) is 88.3 Å². The summed E-state index contributed by atoms with van der Waals surface area (Å²) < 4.78 is 22.1. The Labute approximate surface area is 329 Å². The molecule has 1 heterocycles. The fourth-order valence-electron chi connectivity index (χ4n) is 5.70. The lowest BCUT2D eigenvalue weighted by atomic mass is 10.1. The number of carbonyl (C=O) groups is 6. The van der Waals surface area contributed by atoms with E-state index in [1.165, 1.54) is 51.8 Å². The smallest absolute Gasteiger partial charge is 0.407 e. The topological polar surface area (TPSA) is 194 Å². The second-order valence-corrected chi connectivity index (χ2v) is 14.6. The predicted molar refractivity (Wildman–Crippen MR) is 209 cm³/mol.